The topological polar surface area (TPSA) is 86.0 Å². The summed E-state index contributed by atoms with van der Waals surface area (Å²) in [6, 6.07) is 4.62. The molecular formula is C11H11N3O2. The second-order valence-electron chi connectivity index (χ2n) is 3.84. The summed E-state index contributed by atoms with van der Waals surface area (Å²) in [5.74, 6) is -0.151. The van der Waals surface area contributed by atoms with Crippen molar-refractivity contribution in [2.45, 2.75) is 18.9 Å². The van der Waals surface area contributed by atoms with Gasteiger partial charge in [0.2, 0.25) is 0 Å². The molecule has 0 radical (unpaired) electrons. The largest absolute Gasteiger partial charge is 0.480 e. The number of aliphatic carboxylic acids is 1. The van der Waals surface area contributed by atoms with Gasteiger partial charge in [-0.25, -0.2) is 9.78 Å². The van der Waals surface area contributed by atoms with Crippen LogP contribution in [0, 0.1) is 17.2 Å². The van der Waals surface area contributed by atoms with Gasteiger partial charge in [-0.3, -0.25) is 0 Å². The summed E-state index contributed by atoms with van der Waals surface area (Å²) >= 11 is 0. The summed E-state index contributed by atoms with van der Waals surface area (Å²) in [5, 5.41) is 20.5. The number of carbonyl (C=O) groups is 1. The van der Waals surface area contributed by atoms with Crippen LogP contribution in [0.4, 0.5) is 5.82 Å². The lowest BCUT2D eigenvalue weighted by Gasteiger charge is -2.13. The third-order valence-corrected chi connectivity index (χ3v) is 2.56. The van der Waals surface area contributed by atoms with E-state index >= 15 is 0 Å². The molecule has 0 saturated heterocycles. The fraction of sp³-hybridized carbons (Fsp3) is 0.364. The van der Waals surface area contributed by atoms with E-state index in [1.54, 1.807) is 12.1 Å². The van der Waals surface area contributed by atoms with Crippen LogP contribution in [0.2, 0.25) is 0 Å². The number of hydrogen-bond donors (Lipinski definition) is 2. The van der Waals surface area contributed by atoms with Crippen molar-refractivity contribution >= 4 is 11.8 Å². The first-order valence-electron chi connectivity index (χ1n) is 5.06. The van der Waals surface area contributed by atoms with E-state index in [9.17, 15) is 4.79 Å². The Morgan fingerprint density at radius 1 is 1.62 bits per heavy atom. The van der Waals surface area contributed by atoms with Crippen LogP contribution in [0.25, 0.3) is 0 Å². The van der Waals surface area contributed by atoms with Crippen molar-refractivity contribution in [2.75, 3.05) is 5.32 Å². The summed E-state index contributed by atoms with van der Waals surface area (Å²) in [5.41, 5.74) is 0.462. The van der Waals surface area contributed by atoms with Crippen molar-refractivity contribution in [2.24, 2.45) is 5.92 Å². The van der Waals surface area contributed by atoms with E-state index in [0.29, 0.717) is 11.4 Å². The van der Waals surface area contributed by atoms with E-state index in [1.165, 1.54) is 6.20 Å². The van der Waals surface area contributed by atoms with Crippen LogP contribution < -0.4 is 5.32 Å². The molecule has 0 aromatic carbocycles. The maximum Gasteiger partial charge on any atom is 0.326 e. The lowest BCUT2D eigenvalue weighted by Crippen LogP contribution is -2.31. The van der Waals surface area contributed by atoms with Gasteiger partial charge in [0.1, 0.15) is 17.9 Å². The van der Waals surface area contributed by atoms with E-state index in [2.05, 4.69) is 10.3 Å². The molecule has 0 bridgehead atoms. The molecule has 1 saturated carbocycles. The molecule has 1 unspecified atom stereocenters. The van der Waals surface area contributed by atoms with E-state index in [0.717, 1.165) is 12.8 Å². The minimum Gasteiger partial charge on any atom is -0.480 e. The maximum atomic E-state index is 11.0. The molecular weight excluding hydrogens is 206 g/mol. The van der Waals surface area contributed by atoms with Crippen molar-refractivity contribution in [1.82, 2.24) is 4.98 Å². The molecule has 1 atom stereocenters. The first kappa shape index (κ1) is 10.4. The zero-order chi connectivity index (χ0) is 11.5. The van der Waals surface area contributed by atoms with Gasteiger partial charge in [-0.15, -0.1) is 0 Å². The van der Waals surface area contributed by atoms with Gasteiger partial charge in [0, 0.05) is 6.20 Å². The predicted octanol–water partition coefficient (Wildman–Crippen LogP) is 1.23. The van der Waals surface area contributed by atoms with Gasteiger partial charge in [-0.05, 0) is 30.9 Å². The van der Waals surface area contributed by atoms with Crippen molar-refractivity contribution in [3.05, 3.63) is 23.9 Å². The number of nitrogens with one attached hydrogen (secondary N) is 1. The molecule has 1 aliphatic rings. The standard InChI is InChI=1S/C11H11N3O2/c12-5-7-1-4-9(13-6-7)14-10(11(15)16)8-2-3-8/h1,4,6,8,10H,2-3H2,(H,13,14)(H,15,16). The number of nitriles is 1. The minimum absolute atomic E-state index is 0.204. The number of hydrogen-bond acceptors (Lipinski definition) is 4. The Hall–Kier alpha value is -2.09. The molecule has 1 fully saturated rings. The highest BCUT2D eigenvalue weighted by Crippen LogP contribution is 2.34. The summed E-state index contributed by atoms with van der Waals surface area (Å²) in [7, 11) is 0. The number of anilines is 1. The quantitative estimate of drug-likeness (QED) is 0.792. The highest BCUT2D eigenvalue weighted by Gasteiger charge is 2.36. The molecule has 1 heterocycles. The van der Waals surface area contributed by atoms with E-state index < -0.39 is 12.0 Å². The van der Waals surface area contributed by atoms with Crippen LogP contribution >= 0.6 is 0 Å². The van der Waals surface area contributed by atoms with Crippen molar-refractivity contribution in [1.29, 1.82) is 5.26 Å². The molecule has 1 aromatic heterocycles. The van der Waals surface area contributed by atoms with Crippen LogP contribution in [0.15, 0.2) is 18.3 Å². The molecule has 0 aliphatic heterocycles. The summed E-state index contributed by atoms with van der Waals surface area (Å²) < 4.78 is 0. The average Bonchev–Trinajstić information content (AvgIpc) is 3.10. The van der Waals surface area contributed by atoms with Crippen molar-refractivity contribution < 1.29 is 9.90 Å². The molecule has 1 aliphatic carbocycles. The van der Waals surface area contributed by atoms with Crippen LogP contribution in [0.5, 0.6) is 0 Å². The van der Waals surface area contributed by atoms with Crippen LogP contribution in [0.3, 0.4) is 0 Å². The van der Waals surface area contributed by atoms with Gasteiger partial charge in [0.05, 0.1) is 5.56 Å². The second-order valence-corrected chi connectivity index (χ2v) is 3.84. The van der Waals surface area contributed by atoms with Crippen LogP contribution in [-0.2, 0) is 4.79 Å². The maximum absolute atomic E-state index is 11.0. The SMILES string of the molecule is N#Cc1ccc(NC(C(=O)O)C2CC2)nc1. The lowest BCUT2D eigenvalue weighted by molar-refractivity contribution is -0.138. The number of aromatic nitrogens is 1. The normalized spacial score (nSPS) is 16.2. The molecule has 2 N–H and O–H groups in total. The number of carboxylic acid groups (broad SMARTS) is 1. The highest BCUT2D eigenvalue weighted by atomic mass is 16.4. The van der Waals surface area contributed by atoms with Gasteiger partial charge in [-0.2, -0.15) is 5.26 Å². The molecule has 16 heavy (non-hydrogen) atoms. The molecule has 5 heteroatoms. The van der Waals surface area contributed by atoms with Gasteiger partial charge < -0.3 is 10.4 Å². The number of carboxylic acids is 1. The minimum atomic E-state index is -0.853. The third kappa shape index (κ3) is 2.28. The smallest absolute Gasteiger partial charge is 0.326 e. The Morgan fingerprint density at radius 2 is 2.38 bits per heavy atom. The van der Waals surface area contributed by atoms with Gasteiger partial charge in [0.25, 0.3) is 0 Å². The number of nitrogens with zero attached hydrogens (tertiary/aromatic N) is 2. The zero-order valence-electron chi connectivity index (χ0n) is 8.55. The highest BCUT2D eigenvalue weighted by molar-refractivity contribution is 5.77. The van der Waals surface area contributed by atoms with Gasteiger partial charge in [0.15, 0.2) is 0 Å². The van der Waals surface area contributed by atoms with E-state index in [4.69, 9.17) is 10.4 Å². The Morgan fingerprint density at radius 3 is 2.81 bits per heavy atom. The number of pyridine rings is 1. The predicted molar refractivity (Wildman–Crippen MR) is 56.7 cm³/mol. The Kier molecular flexibility index (Phi) is 2.73. The summed E-state index contributed by atoms with van der Waals surface area (Å²) in [6.45, 7) is 0. The average molecular weight is 217 g/mol. The van der Waals surface area contributed by atoms with Gasteiger partial charge >= 0.3 is 5.97 Å². The summed E-state index contributed by atoms with van der Waals surface area (Å²) in [4.78, 5) is 15.0. The molecule has 5 nitrogen and oxygen atoms in total. The molecule has 1 aromatic rings. The van der Waals surface area contributed by atoms with E-state index in [1.807, 2.05) is 6.07 Å². The van der Waals surface area contributed by atoms with Crippen LogP contribution in [-0.4, -0.2) is 22.1 Å². The lowest BCUT2D eigenvalue weighted by atomic mass is 10.2. The van der Waals surface area contributed by atoms with Gasteiger partial charge in [-0.1, -0.05) is 0 Å². The second kappa shape index (κ2) is 4.19. The van der Waals surface area contributed by atoms with Crippen molar-refractivity contribution in [3.63, 3.8) is 0 Å². The molecule has 0 spiro atoms. The Labute approximate surface area is 92.7 Å². The molecule has 0 amide bonds. The summed E-state index contributed by atoms with van der Waals surface area (Å²) in [6.07, 6.45) is 3.31. The zero-order valence-corrected chi connectivity index (χ0v) is 8.55. The first-order chi connectivity index (χ1) is 7.70. The fourth-order valence-corrected chi connectivity index (χ4v) is 1.52. The Balaban J connectivity index is 2.07. The van der Waals surface area contributed by atoms with Crippen molar-refractivity contribution in [3.8, 4) is 6.07 Å². The van der Waals surface area contributed by atoms with E-state index in [-0.39, 0.29) is 5.92 Å². The first-order valence-corrected chi connectivity index (χ1v) is 5.06. The molecule has 2 rings (SSSR count). The number of rotatable bonds is 4. The molecule has 82 valence electrons. The fourth-order valence-electron chi connectivity index (χ4n) is 1.52. The van der Waals surface area contributed by atoms with Crippen LogP contribution in [0.1, 0.15) is 18.4 Å². The monoisotopic (exact) mass is 217 g/mol. The Bertz CT molecular complexity index is 432. The third-order valence-electron chi connectivity index (χ3n) is 2.56.